The van der Waals surface area contributed by atoms with Crippen LogP contribution in [0.15, 0.2) is 0 Å². The second-order valence-corrected chi connectivity index (χ2v) is 8.62. The smallest absolute Gasteiger partial charge is 0.179 e. The Bertz CT molecular complexity index is 987. The molecular weight excluding hydrogens is 448 g/mol. The third kappa shape index (κ3) is 6.34. The van der Waals surface area contributed by atoms with Gasteiger partial charge in [0.25, 0.3) is 0 Å². The van der Waals surface area contributed by atoms with Crippen molar-refractivity contribution in [3.63, 3.8) is 0 Å². The van der Waals surface area contributed by atoms with Gasteiger partial charge in [-0.3, -0.25) is 0 Å². The Balaban J connectivity index is 0.000000121. The van der Waals surface area contributed by atoms with Crippen molar-refractivity contribution in [3.8, 4) is 0 Å². The maximum Gasteiger partial charge on any atom is 0.179 e. The summed E-state index contributed by atoms with van der Waals surface area (Å²) in [6, 6.07) is 0. The first-order valence-corrected chi connectivity index (χ1v) is 11.5. The largest absolute Gasteiger partial charge is 0.393 e. The monoisotopic (exact) mass is 478 g/mol. The van der Waals surface area contributed by atoms with Crippen LogP contribution < -0.4 is 0 Å². The molecule has 2 atom stereocenters. The molecule has 0 saturated carbocycles. The van der Waals surface area contributed by atoms with Gasteiger partial charge in [-0.15, -0.1) is 15.3 Å². The van der Waals surface area contributed by atoms with Crippen LogP contribution in [-0.2, 0) is 32.5 Å². The molecule has 3 aliphatic rings. The number of hydrogen-bond acceptors (Lipinski definition) is 13. The Morgan fingerprint density at radius 1 is 0.676 bits per heavy atom. The van der Waals surface area contributed by atoms with E-state index in [2.05, 4.69) is 46.6 Å². The third-order valence-corrected chi connectivity index (χ3v) is 6.02. The van der Waals surface area contributed by atoms with E-state index < -0.39 is 11.9 Å². The van der Waals surface area contributed by atoms with E-state index in [1.165, 1.54) is 0 Å². The van der Waals surface area contributed by atoms with Crippen molar-refractivity contribution in [2.24, 2.45) is 0 Å². The Hall–Kier alpha value is -2.95. The van der Waals surface area contributed by atoms with Gasteiger partial charge in [-0.25, -0.2) is 14.0 Å². The van der Waals surface area contributed by atoms with E-state index in [-0.39, 0.29) is 12.5 Å². The zero-order chi connectivity index (χ0) is 24.0. The number of aliphatic hydroxyl groups excluding tert-OH is 2. The Kier molecular flexibility index (Phi) is 7.81. The van der Waals surface area contributed by atoms with Crippen LogP contribution in [0.1, 0.15) is 68.5 Å². The van der Waals surface area contributed by atoms with Crippen molar-refractivity contribution in [1.82, 2.24) is 60.6 Å². The lowest BCUT2D eigenvalue weighted by Gasteiger charge is -2.17. The lowest BCUT2D eigenvalue weighted by atomic mass is 10.1. The highest BCUT2D eigenvalue weighted by molar-refractivity contribution is 4.89. The highest BCUT2D eigenvalue weighted by Gasteiger charge is 2.27. The van der Waals surface area contributed by atoms with E-state index in [1.807, 2.05) is 0 Å². The fourth-order valence-electron chi connectivity index (χ4n) is 3.92. The molecular formula is C18H30N12O4. The van der Waals surface area contributed by atoms with Crippen molar-refractivity contribution in [1.29, 1.82) is 0 Å². The van der Waals surface area contributed by atoms with Crippen molar-refractivity contribution in [2.45, 2.75) is 95.4 Å². The van der Waals surface area contributed by atoms with Gasteiger partial charge < -0.3 is 20.4 Å². The van der Waals surface area contributed by atoms with E-state index in [4.69, 9.17) is 0 Å². The van der Waals surface area contributed by atoms with Crippen molar-refractivity contribution >= 4 is 0 Å². The fourth-order valence-corrected chi connectivity index (χ4v) is 3.92. The second-order valence-electron chi connectivity index (χ2n) is 8.62. The highest BCUT2D eigenvalue weighted by atomic mass is 16.5. The number of nitrogens with zero attached hydrogens (tertiary/aromatic N) is 12. The maximum absolute atomic E-state index is 9.47. The van der Waals surface area contributed by atoms with Gasteiger partial charge in [-0.1, -0.05) is 0 Å². The van der Waals surface area contributed by atoms with Crippen LogP contribution in [0.5, 0.6) is 0 Å². The fraction of sp³-hybridized carbons (Fsp3) is 0.833. The van der Waals surface area contributed by atoms with E-state index in [1.54, 1.807) is 14.0 Å². The normalized spacial score (nSPS) is 23.3. The summed E-state index contributed by atoms with van der Waals surface area (Å²) in [5.74, 6) is 0.659. The van der Waals surface area contributed by atoms with Crippen molar-refractivity contribution in [2.75, 3.05) is 0 Å². The van der Waals surface area contributed by atoms with Crippen LogP contribution in [0.4, 0.5) is 0 Å². The summed E-state index contributed by atoms with van der Waals surface area (Å²) in [7, 11) is 0. The topological polar surface area (TPSA) is 212 Å². The minimum Gasteiger partial charge on any atom is -0.393 e. The molecule has 0 amide bonds. The average Bonchev–Trinajstić information content (AvgIpc) is 3.52. The molecule has 16 nitrogen and oxygen atoms in total. The summed E-state index contributed by atoms with van der Waals surface area (Å²) >= 11 is 0. The standard InChI is InChI=1S/C6H10N4O2.2C6H10N4O/c11-6(12)2-1-5-7-8-9-10(5)4-3-6;11-5-1-2-6-7-8-9-10(6)4-3-5;11-5-3-1-2-4-10-6(5)7-8-9-10/h11-12H,1-4H2;2*5,11H,1-4H2. The molecule has 3 aliphatic heterocycles. The van der Waals surface area contributed by atoms with Gasteiger partial charge in [0.2, 0.25) is 0 Å². The molecule has 0 radical (unpaired) electrons. The van der Waals surface area contributed by atoms with E-state index in [9.17, 15) is 20.4 Å². The number of aromatic nitrogens is 12. The molecule has 6 rings (SSSR count). The van der Waals surface area contributed by atoms with Crippen LogP contribution >= 0.6 is 0 Å². The lowest BCUT2D eigenvalue weighted by molar-refractivity contribution is -0.169. The van der Waals surface area contributed by atoms with E-state index in [0.717, 1.165) is 63.3 Å². The second kappa shape index (κ2) is 11.0. The minimum absolute atomic E-state index is 0.196. The minimum atomic E-state index is -1.57. The summed E-state index contributed by atoms with van der Waals surface area (Å²) in [6.45, 7) is 2.04. The third-order valence-electron chi connectivity index (χ3n) is 6.02. The molecule has 3 aromatic rings. The Labute approximate surface area is 194 Å². The first-order chi connectivity index (χ1) is 16.4. The quantitative estimate of drug-likeness (QED) is 0.256. The van der Waals surface area contributed by atoms with Gasteiger partial charge >= 0.3 is 0 Å². The van der Waals surface area contributed by atoms with Crippen LogP contribution in [0.25, 0.3) is 0 Å². The molecule has 0 saturated heterocycles. The van der Waals surface area contributed by atoms with Gasteiger partial charge in [0.1, 0.15) is 6.10 Å². The SMILES string of the molecule is OC1(O)CCc2nnnn2CC1.OC1CCCCn2nnnc21.OC1CCc2nnnn2CC1. The maximum atomic E-state index is 9.47. The van der Waals surface area contributed by atoms with Gasteiger partial charge in [-0.2, -0.15) is 0 Å². The molecule has 186 valence electrons. The molecule has 0 fully saturated rings. The van der Waals surface area contributed by atoms with Crippen LogP contribution in [0.3, 0.4) is 0 Å². The highest BCUT2D eigenvalue weighted by Crippen LogP contribution is 2.20. The number of rotatable bonds is 0. The predicted molar refractivity (Wildman–Crippen MR) is 111 cm³/mol. The number of hydrogen-bond donors (Lipinski definition) is 4. The predicted octanol–water partition coefficient (Wildman–Crippen LogP) is -2.05. The molecule has 3 aromatic heterocycles. The molecule has 0 spiro atoms. The summed E-state index contributed by atoms with van der Waals surface area (Å²) in [5.41, 5.74) is 0. The van der Waals surface area contributed by atoms with Gasteiger partial charge in [0.05, 0.1) is 6.10 Å². The van der Waals surface area contributed by atoms with Crippen molar-refractivity contribution < 1.29 is 20.4 Å². The first-order valence-electron chi connectivity index (χ1n) is 11.5. The summed E-state index contributed by atoms with van der Waals surface area (Å²) in [6.07, 6.45) is 5.62. The molecule has 0 bridgehead atoms. The zero-order valence-corrected chi connectivity index (χ0v) is 18.8. The molecule has 34 heavy (non-hydrogen) atoms. The van der Waals surface area contributed by atoms with E-state index in [0.29, 0.717) is 25.2 Å². The summed E-state index contributed by atoms with van der Waals surface area (Å²) in [5, 5.41) is 70.6. The molecule has 0 aliphatic carbocycles. The van der Waals surface area contributed by atoms with Gasteiger partial charge in [0.15, 0.2) is 23.3 Å². The molecule has 2 unspecified atom stereocenters. The van der Waals surface area contributed by atoms with Gasteiger partial charge in [0, 0.05) is 45.3 Å². The summed E-state index contributed by atoms with van der Waals surface area (Å²) < 4.78 is 5.04. The number of fused-ring (bicyclic) bond motifs is 3. The van der Waals surface area contributed by atoms with Crippen LogP contribution in [0.2, 0.25) is 0 Å². The Morgan fingerprint density at radius 3 is 2.15 bits per heavy atom. The molecule has 0 aromatic carbocycles. The Morgan fingerprint density at radius 2 is 1.35 bits per heavy atom. The first kappa shape index (κ1) is 24.2. The zero-order valence-electron chi connectivity index (χ0n) is 18.8. The molecule has 6 heterocycles. The van der Waals surface area contributed by atoms with E-state index >= 15 is 0 Å². The van der Waals surface area contributed by atoms with Crippen LogP contribution in [-0.4, -0.2) is 92.9 Å². The van der Waals surface area contributed by atoms with Crippen LogP contribution in [0, 0.1) is 0 Å². The molecule has 4 N–H and O–H groups in total. The lowest BCUT2D eigenvalue weighted by Crippen LogP contribution is -2.28. The average molecular weight is 479 g/mol. The number of aryl methyl sites for hydroxylation is 5. The van der Waals surface area contributed by atoms with Gasteiger partial charge in [-0.05, 0) is 63.4 Å². The number of aliphatic hydroxyl groups is 4. The number of tetrazole rings is 3. The van der Waals surface area contributed by atoms with Crippen molar-refractivity contribution in [3.05, 3.63) is 17.5 Å². The summed E-state index contributed by atoms with van der Waals surface area (Å²) in [4.78, 5) is 0. The molecule has 16 heteroatoms.